The Labute approximate surface area is 127 Å². The van der Waals surface area contributed by atoms with Gasteiger partial charge in [0.2, 0.25) is 5.91 Å². The van der Waals surface area contributed by atoms with Crippen LogP contribution in [0.2, 0.25) is 0 Å². The molecule has 22 heavy (non-hydrogen) atoms. The second-order valence-corrected chi connectivity index (χ2v) is 4.96. The summed E-state index contributed by atoms with van der Waals surface area (Å²) in [7, 11) is 1.55. The van der Waals surface area contributed by atoms with E-state index in [1.54, 1.807) is 13.1 Å². The van der Waals surface area contributed by atoms with Gasteiger partial charge in [0.1, 0.15) is 5.82 Å². The molecular formula is C17H15N3O2. The van der Waals surface area contributed by atoms with E-state index in [0.29, 0.717) is 16.7 Å². The van der Waals surface area contributed by atoms with Crippen LogP contribution in [-0.4, -0.2) is 22.9 Å². The molecule has 0 saturated carbocycles. The van der Waals surface area contributed by atoms with E-state index in [9.17, 15) is 9.59 Å². The second-order valence-electron chi connectivity index (χ2n) is 4.96. The van der Waals surface area contributed by atoms with E-state index in [4.69, 9.17) is 0 Å². The van der Waals surface area contributed by atoms with Crippen molar-refractivity contribution >= 4 is 16.8 Å². The van der Waals surface area contributed by atoms with Crippen LogP contribution in [0, 0.1) is 0 Å². The van der Waals surface area contributed by atoms with Crippen LogP contribution in [0.15, 0.2) is 53.3 Å². The van der Waals surface area contributed by atoms with E-state index in [-0.39, 0.29) is 17.9 Å². The molecule has 0 unspecified atom stereocenters. The fourth-order valence-corrected chi connectivity index (χ4v) is 2.32. The summed E-state index contributed by atoms with van der Waals surface area (Å²) in [6, 6.07) is 15.4. The maximum atomic E-state index is 12.2. The molecule has 5 nitrogen and oxygen atoms in total. The zero-order chi connectivity index (χ0) is 15.5. The molecule has 0 spiro atoms. The highest BCUT2D eigenvalue weighted by Crippen LogP contribution is 2.21. The summed E-state index contributed by atoms with van der Waals surface area (Å²) in [5.41, 5.74) is 2.35. The van der Waals surface area contributed by atoms with Crippen molar-refractivity contribution in [3.63, 3.8) is 0 Å². The van der Waals surface area contributed by atoms with Gasteiger partial charge in [0.15, 0.2) is 0 Å². The van der Waals surface area contributed by atoms with Crippen molar-refractivity contribution in [1.29, 1.82) is 0 Å². The summed E-state index contributed by atoms with van der Waals surface area (Å²) in [5, 5.41) is 3.03. The van der Waals surface area contributed by atoms with E-state index in [1.807, 2.05) is 42.5 Å². The van der Waals surface area contributed by atoms with E-state index in [1.165, 1.54) is 0 Å². The van der Waals surface area contributed by atoms with Gasteiger partial charge in [-0.2, -0.15) is 0 Å². The summed E-state index contributed by atoms with van der Waals surface area (Å²) in [6.45, 7) is 0. The standard InChI is InChI=1S/C17H15N3O2/c1-18-16(21)10-15-19-14-8-7-12(9-13(14)17(22)20-15)11-5-3-2-4-6-11/h2-9H,10H2,1H3,(H,18,21)(H,19,20,22). The fraction of sp³-hybridized carbons (Fsp3) is 0.118. The third kappa shape index (κ3) is 2.74. The third-order valence-electron chi connectivity index (χ3n) is 3.47. The number of H-pyrrole nitrogens is 1. The SMILES string of the molecule is CNC(=O)Cc1nc2ccc(-c3ccccc3)cc2c(=O)[nH]1. The van der Waals surface area contributed by atoms with Crippen LogP contribution in [0.3, 0.4) is 0 Å². The number of carbonyl (C=O) groups excluding carboxylic acids is 1. The van der Waals surface area contributed by atoms with Crippen LogP contribution < -0.4 is 10.9 Å². The van der Waals surface area contributed by atoms with Crippen LogP contribution in [0.1, 0.15) is 5.82 Å². The Morgan fingerprint density at radius 3 is 2.64 bits per heavy atom. The number of amides is 1. The number of hydrogen-bond donors (Lipinski definition) is 2. The summed E-state index contributed by atoms with van der Waals surface area (Å²) < 4.78 is 0. The number of fused-ring (bicyclic) bond motifs is 1. The van der Waals surface area contributed by atoms with Crippen LogP contribution >= 0.6 is 0 Å². The Balaban J connectivity index is 2.07. The number of hydrogen-bond acceptors (Lipinski definition) is 3. The van der Waals surface area contributed by atoms with Crippen molar-refractivity contribution in [1.82, 2.24) is 15.3 Å². The summed E-state index contributed by atoms with van der Waals surface area (Å²) in [5.74, 6) is 0.174. The first-order valence-corrected chi connectivity index (χ1v) is 6.96. The van der Waals surface area contributed by atoms with Gasteiger partial charge in [0.05, 0.1) is 17.3 Å². The average Bonchev–Trinajstić information content (AvgIpc) is 2.55. The molecule has 3 aromatic rings. The van der Waals surface area contributed by atoms with Crippen molar-refractivity contribution in [3.8, 4) is 11.1 Å². The van der Waals surface area contributed by atoms with Gasteiger partial charge >= 0.3 is 0 Å². The number of carbonyl (C=O) groups is 1. The number of rotatable bonds is 3. The van der Waals surface area contributed by atoms with E-state index >= 15 is 0 Å². The zero-order valence-corrected chi connectivity index (χ0v) is 12.1. The molecule has 0 fully saturated rings. The first kappa shape index (κ1) is 14.0. The monoisotopic (exact) mass is 293 g/mol. The molecular weight excluding hydrogens is 278 g/mol. The van der Waals surface area contributed by atoms with Crippen molar-refractivity contribution in [2.24, 2.45) is 0 Å². The lowest BCUT2D eigenvalue weighted by Crippen LogP contribution is -2.23. The molecule has 0 aliphatic heterocycles. The van der Waals surface area contributed by atoms with Gasteiger partial charge in [-0.05, 0) is 23.3 Å². The average molecular weight is 293 g/mol. The summed E-state index contributed by atoms with van der Waals surface area (Å²) in [6.07, 6.45) is 0.0577. The molecule has 0 atom stereocenters. The van der Waals surface area contributed by atoms with E-state index < -0.39 is 0 Å². The van der Waals surface area contributed by atoms with Crippen molar-refractivity contribution in [2.75, 3.05) is 7.05 Å². The molecule has 0 radical (unpaired) electrons. The Bertz CT molecular complexity index is 885. The highest BCUT2D eigenvalue weighted by atomic mass is 16.1. The molecule has 5 heteroatoms. The molecule has 1 amide bonds. The Hall–Kier alpha value is -2.95. The highest BCUT2D eigenvalue weighted by molar-refractivity contribution is 5.84. The van der Waals surface area contributed by atoms with Gasteiger partial charge in [-0.15, -0.1) is 0 Å². The fourth-order valence-electron chi connectivity index (χ4n) is 2.32. The van der Waals surface area contributed by atoms with Gasteiger partial charge in [0, 0.05) is 7.05 Å². The minimum absolute atomic E-state index is 0.0577. The highest BCUT2D eigenvalue weighted by Gasteiger charge is 2.08. The number of nitrogens with zero attached hydrogens (tertiary/aromatic N) is 1. The minimum Gasteiger partial charge on any atom is -0.359 e. The predicted octanol–water partition coefficient (Wildman–Crippen LogP) is 1.88. The smallest absolute Gasteiger partial charge is 0.258 e. The van der Waals surface area contributed by atoms with Gasteiger partial charge in [0.25, 0.3) is 5.56 Å². The Morgan fingerprint density at radius 2 is 1.91 bits per heavy atom. The molecule has 1 aromatic heterocycles. The normalized spacial score (nSPS) is 10.6. The van der Waals surface area contributed by atoms with Gasteiger partial charge in [-0.1, -0.05) is 36.4 Å². The number of likely N-dealkylation sites (N-methyl/N-ethyl adjacent to an activating group) is 1. The summed E-state index contributed by atoms with van der Waals surface area (Å²) >= 11 is 0. The van der Waals surface area contributed by atoms with Crippen molar-refractivity contribution in [3.05, 3.63) is 64.7 Å². The maximum Gasteiger partial charge on any atom is 0.258 e. The van der Waals surface area contributed by atoms with Gasteiger partial charge in [-0.25, -0.2) is 4.98 Å². The lowest BCUT2D eigenvalue weighted by molar-refractivity contribution is -0.120. The predicted molar refractivity (Wildman–Crippen MR) is 85.6 cm³/mol. The van der Waals surface area contributed by atoms with Gasteiger partial charge < -0.3 is 10.3 Å². The third-order valence-corrected chi connectivity index (χ3v) is 3.47. The van der Waals surface area contributed by atoms with Crippen LogP contribution in [0.4, 0.5) is 0 Å². The molecule has 3 rings (SSSR count). The molecule has 0 saturated heterocycles. The number of nitrogens with one attached hydrogen (secondary N) is 2. The molecule has 0 aliphatic carbocycles. The quantitative estimate of drug-likeness (QED) is 0.774. The van der Waals surface area contributed by atoms with E-state index in [2.05, 4.69) is 15.3 Å². The van der Waals surface area contributed by atoms with Gasteiger partial charge in [-0.3, -0.25) is 9.59 Å². The largest absolute Gasteiger partial charge is 0.359 e. The molecule has 0 aliphatic rings. The molecule has 1 heterocycles. The Kier molecular flexibility index (Phi) is 3.70. The first-order chi connectivity index (χ1) is 10.7. The molecule has 2 N–H and O–H groups in total. The van der Waals surface area contributed by atoms with Crippen molar-refractivity contribution in [2.45, 2.75) is 6.42 Å². The summed E-state index contributed by atoms with van der Waals surface area (Å²) in [4.78, 5) is 30.6. The topological polar surface area (TPSA) is 74.8 Å². The van der Waals surface area contributed by atoms with Crippen LogP contribution in [0.5, 0.6) is 0 Å². The molecule has 0 bridgehead atoms. The van der Waals surface area contributed by atoms with Crippen molar-refractivity contribution < 1.29 is 4.79 Å². The number of aromatic nitrogens is 2. The van der Waals surface area contributed by atoms with Crippen LogP contribution in [0.25, 0.3) is 22.0 Å². The number of aromatic amines is 1. The lowest BCUT2D eigenvalue weighted by atomic mass is 10.0. The minimum atomic E-state index is -0.235. The molecule has 2 aromatic carbocycles. The molecule has 110 valence electrons. The lowest BCUT2D eigenvalue weighted by Gasteiger charge is -2.05. The second kappa shape index (κ2) is 5.81. The maximum absolute atomic E-state index is 12.2. The van der Waals surface area contributed by atoms with Crippen LogP contribution in [-0.2, 0) is 11.2 Å². The zero-order valence-electron chi connectivity index (χ0n) is 12.1. The number of benzene rings is 2. The first-order valence-electron chi connectivity index (χ1n) is 6.96. The van der Waals surface area contributed by atoms with E-state index in [0.717, 1.165) is 11.1 Å². The Morgan fingerprint density at radius 1 is 1.14 bits per heavy atom.